The lowest BCUT2D eigenvalue weighted by Crippen LogP contribution is -2.42. The van der Waals surface area contributed by atoms with Gasteiger partial charge in [-0.3, -0.25) is 9.69 Å². The summed E-state index contributed by atoms with van der Waals surface area (Å²) in [6, 6.07) is 15.4. The molecule has 2 aromatic carbocycles. The van der Waals surface area contributed by atoms with Gasteiger partial charge in [0.15, 0.2) is 0 Å². The Morgan fingerprint density at radius 3 is 2.37 bits per heavy atom. The maximum Gasteiger partial charge on any atom is 0.321 e. The molecule has 1 saturated carbocycles. The molecule has 0 atom stereocenters. The van der Waals surface area contributed by atoms with Crippen LogP contribution in [0.4, 0.5) is 10.5 Å². The van der Waals surface area contributed by atoms with E-state index in [0.717, 1.165) is 24.3 Å². The number of carbonyl (C=O) groups is 2. The molecule has 2 aromatic rings. The number of rotatable bonds is 6. The van der Waals surface area contributed by atoms with E-state index in [0.29, 0.717) is 25.2 Å². The first-order valence-corrected chi connectivity index (χ1v) is 10.7. The highest BCUT2D eigenvalue weighted by Gasteiger charge is 2.34. The third-order valence-electron chi connectivity index (χ3n) is 6.40. The Kier molecular flexibility index (Phi) is 5.93. The largest absolute Gasteiger partial charge is 0.497 e. The average molecular weight is 408 g/mol. The quantitative estimate of drug-likeness (QED) is 0.764. The van der Waals surface area contributed by atoms with Gasteiger partial charge < -0.3 is 15.4 Å². The minimum atomic E-state index is -0.0917. The molecule has 0 bridgehead atoms. The lowest BCUT2D eigenvalue weighted by atomic mass is 9.69. The summed E-state index contributed by atoms with van der Waals surface area (Å²) >= 11 is 0. The van der Waals surface area contributed by atoms with E-state index in [4.69, 9.17) is 4.74 Å². The van der Waals surface area contributed by atoms with Crippen LogP contribution in [0.2, 0.25) is 0 Å². The molecule has 2 fully saturated rings. The van der Waals surface area contributed by atoms with Crippen LogP contribution in [0, 0.1) is 0 Å². The van der Waals surface area contributed by atoms with E-state index < -0.39 is 0 Å². The normalized spacial score (nSPS) is 18.0. The first kappa shape index (κ1) is 20.3. The van der Waals surface area contributed by atoms with Gasteiger partial charge in [-0.2, -0.15) is 0 Å². The number of nitrogens with zero attached hydrogens (tertiary/aromatic N) is 1. The number of hydrogen-bond donors (Lipinski definition) is 2. The smallest absolute Gasteiger partial charge is 0.321 e. The standard InChI is InChI=1S/C24H29N3O3/c1-30-21-11-7-19(8-12-21)24(13-3-2-4-14-24)17-26-22(28)18-5-9-20(10-6-18)27-16-15-25-23(27)29/h5-12H,2-4,13-17H2,1H3,(H,25,29)(H,26,28). The second-order valence-electron chi connectivity index (χ2n) is 8.18. The molecule has 1 aliphatic carbocycles. The number of urea groups is 1. The summed E-state index contributed by atoms with van der Waals surface area (Å²) in [6.07, 6.45) is 5.74. The Morgan fingerprint density at radius 2 is 1.77 bits per heavy atom. The molecule has 0 spiro atoms. The molecule has 0 radical (unpaired) electrons. The minimum absolute atomic E-state index is 0.0340. The number of methoxy groups -OCH3 is 1. The summed E-state index contributed by atoms with van der Waals surface area (Å²) < 4.78 is 5.30. The molecule has 2 aliphatic rings. The molecule has 6 nitrogen and oxygen atoms in total. The third-order valence-corrected chi connectivity index (χ3v) is 6.40. The van der Waals surface area contributed by atoms with Gasteiger partial charge in [0.05, 0.1) is 7.11 Å². The lowest BCUT2D eigenvalue weighted by Gasteiger charge is -2.38. The summed E-state index contributed by atoms with van der Waals surface area (Å²) in [4.78, 5) is 26.3. The second kappa shape index (κ2) is 8.78. The molecule has 3 amide bonds. The number of benzene rings is 2. The first-order valence-electron chi connectivity index (χ1n) is 10.7. The van der Waals surface area contributed by atoms with Gasteiger partial charge in [-0.1, -0.05) is 31.4 Å². The van der Waals surface area contributed by atoms with Gasteiger partial charge in [0.25, 0.3) is 5.91 Å². The minimum Gasteiger partial charge on any atom is -0.497 e. The van der Waals surface area contributed by atoms with Crippen molar-refractivity contribution in [2.45, 2.75) is 37.5 Å². The number of hydrogen-bond acceptors (Lipinski definition) is 3. The highest BCUT2D eigenvalue weighted by molar-refractivity contribution is 5.97. The van der Waals surface area contributed by atoms with Crippen molar-refractivity contribution in [2.24, 2.45) is 0 Å². The van der Waals surface area contributed by atoms with E-state index in [1.165, 1.54) is 24.8 Å². The van der Waals surface area contributed by atoms with Crippen LogP contribution >= 0.6 is 0 Å². The van der Waals surface area contributed by atoms with Crippen molar-refractivity contribution < 1.29 is 14.3 Å². The molecule has 2 N–H and O–H groups in total. The topological polar surface area (TPSA) is 70.7 Å². The molecule has 4 rings (SSSR count). The summed E-state index contributed by atoms with van der Waals surface area (Å²) in [7, 11) is 1.67. The van der Waals surface area contributed by atoms with Crippen molar-refractivity contribution in [2.75, 3.05) is 31.6 Å². The summed E-state index contributed by atoms with van der Waals surface area (Å²) in [5.74, 6) is 0.770. The fourth-order valence-electron chi connectivity index (χ4n) is 4.60. The Hall–Kier alpha value is -3.02. The summed E-state index contributed by atoms with van der Waals surface area (Å²) in [5.41, 5.74) is 2.65. The zero-order chi connectivity index (χ0) is 21.0. The van der Waals surface area contributed by atoms with Crippen LogP contribution < -0.4 is 20.3 Å². The van der Waals surface area contributed by atoms with E-state index in [2.05, 4.69) is 22.8 Å². The van der Waals surface area contributed by atoms with Gasteiger partial charge in [-0.15, -0.1) is 0 Å². The molecule has 1 aliphatic heterocycles. The molecule has 1 saturated heterocycles. The van der Waals surface area contributed by atoms with E-state index in [9.17, 15) is 9.59 Å². The Bertz CT molecular complexity index is 887. The van der Waals surface area contributed by atoms with Crippen molar-refractivity contribution in [3.05, 3.63) is 59.7 Å². The van der Waals surface area contributed by atoms with Crippen molar-refractivity contribution in [1.82, 2.24) is 10.6 Å². The van der Waals surface area contributed by atoms with Crippen molar-refractivity contribution in [3.63, 3.8) is 0 Å². The first-order chi connectivity index (χ1) is 14.6. The van der Waals surface area contributed by atoms with Gasteiger partial charge in [0, 0.05) is 36.3 Å². The fourth-order valence-corrected chi connectivity index (χ4v) is 4.60. The van der Waals surface area contributed by atoms with Crippen molar-refractivity contribution in [3.8, 4) is 5.75 Å². The van der Waals surface area contributed by atoms with Crippen LogP contribution in [0.1, 0.15) is 48.0 Å². The van der Waals surface area contributed by atoms with Gasteiger partial charge in [-0.05, 0) is 54.8 Å². The Balaban J connectivity index is 1.45. The maximum absolute atomic E-state index is 12.8. The molecule has 30 heavy (non-hydrogen) atoms. The highest BCUT2D eigenvalue weighted by atomic mass is 16.5. The summed E-state index contributed by atoms with van der Waals surface area (Å²) in [6.45, 7) is 1.91. The Morgan fingerprint density at radius 1 is 1.07 bits per heavy atom. The molecule has 158 valence electrons. The van der Waals surface area contributed by atoms with Gasteiger partial charge in [0.2, 0.25) is 0 Å². The number of carbonyl (C=O) groups excluding carboxylic acids is 2. The molecule has 0 aromatic heterocycles. The molecule has 6 heteroatoms. The third kappa shape index (κ3) is 4.13. The number of amides is 3. The zero-order valence-electron chi connectivity index (χ0n) is 17.4. The van der Waals surface area contributed by atoms with Crippen LogP contribution in [0.25, 0.3) is 0 Å². The van der Waals surface area contributed by atoms with Gasteiger partial charge >= 0.3 is 6.03 Å². The van der Waals surface area contributed by atoms with Crippen LogP contribution in [0.3, 0.4) is 0 Å². The second-order valence-corrected chi connectivity index (χ2v) is 8.18. The van der Waals surface area contributed by atoms with Crippen molar-refractivity contribution >= 4 is 17.6 Å². The predicted octanol–water partition coefficient (Wildman–Crippen LogP) is 3.86. The summed E-state index contributed by atoms with van der Waals surface area (Å²) in [5, 5.41) is 5.96. The Labute approximate surface area is 177 Å². The molecular formula is C24H29N3O3. The molecule has 1 heterocycles. The number of ether oxygens (including phenoxy) is 1. The average Bonchev–Trinajstić information content (AvgIpc) is 3.24. The fraction of sp³-hybridized carbons (Fsp3) is 0.417. The SMILES string of the molecule is COc1ccc(C2(CNC(=O)c3ccc(N4CCNC4=O)cc3)CCCCC2)cc1. The lowest BCUT2D eigenvalue weighted by molar-refractivity contribution is 0.0936. The number of anilines is 1. The van der Waals surface area contributed by atoms with E-state index in [1.807, 2.05) is 24.3 Å². The van der Waals surface area contributed by atoms with Crippen LogP contribution in [-0.4, -0.2) is 38.7 Å². The van der Waals surface area contributed by atoms with Crippen LogP contribution in [-0.2, 0) is 5.41 Å². The monoisotopic (exact) mass is 407 g/mol. The zero-order valence-corrected chi connectivity index (χ0v) is 17.4. The predicted molar refractivity (Wildman–Crippen MR) is 117 cm³/mol. The van der Waals surface area contributed by atoms with Gasteiger partial charge in [-0.25, -0.2) is 4.79 Å². The molecule has 0 unspecified atom stereocenters. The van der Waals surface area contributed by atoms with E-state index in [-0.39, 0.29) is 17.4 Å². The van der Waals surface area contributed by atoms with Crippen LogP contribution in [0.15, 0.2) is 48.5 Å². The van der Waals surface area contributed by atoms with Gasteiger partial charge in [0.1, 0.15) is 5.75 Å². The van der Waals surface area contributed by atoms with Crippen LogP contribution in [0.5, 0.6) is 5.75 Å². The number of nitrogens with one attached hydrogen (secondary N) is 2. The highest BCUT2D eigenvalue weighted by Crippen LogP contribution is 2.39. The van der Waals surface area contributed by atoms with Crippen molar-refractivity contribution in [1.29, 1.82) is 0 Å². The maximum atomic E-state index is 12.8. The van der Waals surface area contributed by atoms with E-state index >= 15 is 0 Å². The van der Waals surface area contributed by atoms with E-state index in [1.54, 1.807) is 24.1 Å². The molecular weight excluding hydrogens is 378 g/mol.